The molecule has 0 aromatic carbocycles. The van der Waals surface area contributed by atoms with E-state index in [9.17, 15) is 0 Å². The second kappa shape index (κ2) is 3.30. The van der Waals surface area contributed by atoms with E-state index in [1.165, 1.54) is 5.57 Å². The number of hydrogen-bond donors (Lipinski definition) is 0. The molecule has 0 aromatic rings. The van der Waals surface area contributed by atoms with Crippen LogP contribution in [0, 0.1) is 0 Å². The minimum absolute atomic E-state index is 0.822. The maximum absolute atomic E-state index is 4.23. The molecule has 0 fully saturated rings. The molecular formula is C8H12N2. The first-order valence-corrected chi connectivity index (χ1v) is 3.56. The van der Waals surface area contributed by atoms with Gasteiger partial charge >= 0.3 is 0 Å². The zero-order chi connectivity index (χ0) is 7.40. The van der Waals surface area contributed by atoms with Crippen LogP contribution in [-0.2, 0) is 0 Å². The van der Waals surface area contributed by atoms with Gasteiger partial charge in [0.15, 0.2) is 0 Å². The van der Waals surface area contributed by atoms with Crippen LogP contribution < -0.4 is 0 Å². The summed E-state index contributed by atoms with van der Waals surface area (Å²) in [6.07, 6.45) is 4.94. The molecule has 0 atom stereocenters. The number of aliphatic imine (C=N–C) groups is 2. The quantitative estimate of drug-likeness (QED) is 0.525. The van der Waals surface area contributed by atoms with Gasteiger partial charge in [0.25, 0.3) is 0 Å². The lowest BCUT2D eigenvalue weighted by molar-refractivity contribution is 1.01. The van der Waals surface area contributed by atoms with Crippen molar-refractivity contribution in [2.24, 2.45) is 9.98 Å². The lowest BCUT2D eigenvalue weighted by atomic mass is 10.2. The van der Waals surface area contributed by atoms with Crippen molar-refractivity contribution < 1.29 is 0 Å². The lowest BCUT2D eigenvalue weighted by Gasteiger charge is -1.94. The van der Waals surface area contributed by atoms with Crippen molar-refractivity contribution in [1.29, 1.82) is 0 Å². The molecule has 1 heterocycles. The maximum Gasteiger partial charge on any atom is 0.120 e. The monoisotopic (exact) mass is 136 g/mol. The summed E-state index contributed by atoms with van der Waals surface area (Å²) in [6, 6.07) is 0. The average Bonchev–Trinajstić information content (AvgIpc) is 2.14. The Bertz CT molecular complexity index is 197. The largest absolute Gasteiger partial charge is 0.266 e. The molecule has 1 aliphatic heterocycles. The van der Waals surface area contributed by atoms with Gasteiger partial charge in [0, 0.05) is 6.21 Å². The number of amidine groups is 1. The third-order valence-electron chi connectivity index (χ3n) is 1.54. The number of allylic oxidation sites excluding steroid dienone is 1. The van der Waals surface area contributed by atoms with Crippen LogP contribution in [-0.4, -0.2) is 18.6 Å². The molecule has 0 spiro atoms. The Morgan fingerprint density at radius 2 is 2.40 bits per heavy atom. The second-order valence-electron chi connectivity index (χ2n) is 2.32. The third kappa shape index (κ3) is 1.79. The molecule has 0 N–H and O–H groups in total. The molecule has 2 nitrogen and oxygen atoms in total. The van der Waals surface area contributed by atoms with Crippen LogP contribution in [0.5, 0.6) is 0 Å². The van der Waals surface area contributed by atoms with Gasteiger partial charge in [-0.3, -0.25) is 4.99 Å². The summed E-state index contributed by atoms with van der Waals surface area (Å²) >= 11 is 0. The third-order valence-corrected chi connectivity index (χ3v) is 1.54. The summed E-state index contributed by atoms with van der Waals surface area (Å²) in [6.45, 7) is 4.88. The lowest BCUT2D eigenvalue weighted by Crippen LogP contribution is -1.88. The number of rotatable bonds is 1. The number of hydrogen-bond acceptors (Lipinski definition) is 2. The van der Waals surface area contributed by atoms with Crippen LogP contribution in [0.4, 0.5) is 0 Å². The molecule has 0 aromatic heterocycles. The highest BCUT2D eigenvalue weighted by molar-refractivity contribution is 5.92. The van der Waals surface area contributed by atoms with Gasteiger partial charge in [0.05, 0.1) is 6.54 Å². The van der Waals surface area contributed by atoms with E-state index in [-0.39, 0.29) is 0 Å². The van der Waals surface area contributed by atoms with E-state index in [1.54, 1.807) is 0 Å². The molecule has 0 aliphatic carbocycles. The van der Waals surface area contributed by atoms with Crippen LogP contribution in [0.15, 0.2) is 21.6 Å². The first-order valence-electron chi connectivity index (χ1n) is 3.56. The van der Waals surface area contributed by atoms with Gasteiger partial charge in [-0.1, -0.05) is 6.92 Å². The first kappa shape index (κ1) is 7.19. The minimum atomic E-state index is 0.822. The summed E-state index contributed by atoms with van der Waals surface area (Å²) in [7, 11) is 0. The van der Waals surface area contributed by atoms with Crippen LogP contribution in [0.3, 0.4) is 0 Å². The van der Waals surface area contributed by atoms with E-state index in [4.69, 9.17) is 0 Å². The first-order chi connectivity index (χ1) is 4.83. The van der Waals surface area contributed by atoms with Crippen molar-refractivity contribution in [1.82, 2.24) is 0 Å². The average molecular weight is 136 g/mol. The molecule has 0 saturated heterocycles. The van der Waals surface area contributed by atoms with E-state index in [0.29, 0.717) is 0 Å². The molecule has 0 radical (unpaired) electrons. The van der Waals surface area contributed by atoms with Gasteiger partial charge in [-0.05, 0) is 25.0 Å². The predicted octanol–water partition coefficient (Wildman–Crippen LogP) is 1.83. The highest BCUT2D eigenvalue weighted by atomic mass is 14.9. The fourth-order valence-electron chi connectivity index (χ4n) is 0.790. The Balaban J connectivity index is 2.69. The smallest absolute Gasteiger partial charge is 0.120 e. The minimum Gasteiger partial charge on any atom is -0.266 e. The molecule has 0 unspecified atom stereocenters. The van der Waals surface area contributed by atoms with Crippen molar-refractivity contribution in [3.8, 4) is 0 Å². The van der Waals surface area contributed by atoms with Gasteiger partial charge in [0.1, 0.15) is 5.84 Å². The van der Waals surface area contributed by atoms with E-state index < -0.39 is 0 Å². The molecule has 0 amide bonds. The van der Waals surface area contributed by atoms with Crippen molar-refractivity contribution in [3.63, 3.8) is 0 Å². The number of nitrogens with zero attached hydrogens (tertiary/aromatic N) is 2. The van der Waals surface area contributed by atoms with Crippen LogP contribution >= 0.6 is 0 Å². The molecule has 0 saturated carbocycles. The Kier molecular flexibility index (Phi) is 2.37. The van der Waals surface area contributed by atoms with Crippen molar-refractivity contribution in [2.45, 2.75) is 20.3 Å². The van der Waals surface area contributed by atoms with Gasteiger partial charge in [0.2, 0.25) is 0 Å². The SMILES string of the molecule is CCC1=CC=NC(C)=NC1. The van der Waals surface area contributed by atoms with Crippen LogP contribution in [0.1, 0.15) is 20.3 Å². The van der Waals surface area contributed by atoms with E-state index in [0.717, 1.165) is 18.8 Å². The Hall–Kier alpha value is -0.920. The molecule has 1 aliphatic rings. The molecule has 2 heteroatoms. The Labute approximate surface area is 61.4 Å². The van der Waals surface area contributed by atoms with E-state index in [2.05, 4.69) is 16.9 Å². The molecule has 10 heavy (non-hydrogen) atoms. The fourth-order valence-corrected chi connectivity index (χ4v) is 0.790. The predicted molar refractivity (Wildman–Crippen MR) is 44.8 cm³/mol. The zero-order valence-corrected chi connectivity index (χ0v) is 6.46. The normalized spacial score (nSPS) is 17.8. The van der Waals surface area contributed by atoms with Gasteiger partial charge < -0.3 is 0 Å². The van der Waals surface area contributed by atoms with E-state index >= 15 is 0 Å². The van der Waals surface area contributed by atoms with Gasteiger partial charge in [-0.25, -0.2) is 4.99 Å². The molecule has 1 rings (SSSR count). The zero-order valence-electron chi connectivity index (χ0n) is 6.46. The van der Waals surface area contributed by atoms with Crippen molar-refractivity contribution >= 4 is 12.1 Å². The topological polar surface area (TPSA) is 24.7 Å². The van der Waals surface area contributed by atoms with E-state index in [1.807, 2.05) is 19.2 Å². The molecule has 54 valence electrons. The summed E-state index contributed by atoms with van der Waals surface area (Å²) in [5, 5.41) is 0. The fraction of sp³-hybridized carbons (Fsp3) is 0.500. The summed E-state index contributed by atoms with van der Waals surface area (Å²) in [4.78, 5) is 8.30. The highest BCUT2D eigenvalue weighted by Gasteiger charge is 1.94. The van der Waals surface area contributed by atoms with Crippen LogP contribution in [0.2, 0.25) is 0 Å². The van der Waals surface area contributed by atoms with Crippen molar-refractivity contribution in [3.05, 3.63) is 11.6 Å². The Morgan fingerprint density at radius 1 is 1.60 bits per heavy atom. The summed E-state index contributed by atoms with van der Waals surface area (Å²) in [5.41, 5.74) is 1.35. The molecule has 0 bridgehead atoms. The summed E-state index contributed by atoms with van der Waals surface area (Å²) < 4.78 is 0. The molecular weight excluding hydrogens is 124 g/mol. The van der Waals surface area contributed by atoms with Gasteiger partial charge in [-0.15, -0.1) is 0 Å². The van der Waals surface area contributed by atoms with Crippen molar-refractivity contribution in [2.75, 3.05) is 6.54 Å². The highest BCUT2D eigenvalue weighted by Crippen LogP contribution is 2.02. The maximum atomic E-state index is 4.23. The standard InChI is InChI=1S/C8H12N2/c1-3-8-4-5-9-7(2)10-6-8/h4-5H,3,6H2,1-2H3. The van der Waals surface area contributed by atoms with Crippen LogP contribution in [0.25, 0.3) is 0 Å². The van der Waals surface area contributed by atoms with Gasteiger partial charge in [-0.2, -0.15) is 0 Å². The second-order valence-corrected chi connectivity index (χ2v) is 2.32. The summed E-state index contributed by atoms with van der Waals surface area (Å²) in [5.74, 6) is 0.875. The Morgan fingerprint density at radius 3 is 3.10 bits per heavy atom.